The molecule has 0 radical (unpaired) electrons. The molecule has 0 bridgehead atoms. The van der Waals surface area contributed by atoms with Crippen molar-refractivity contribution in [3.8, 4) is 0 Å². The summed E-state index contributed by atoms with van der Waals surface area (Å²) in [5, 5.41) is 2.09. The van der Waals surface area contributed by atoms with Crippen LogP contribution in [0.3, 0.4) is 0 Å². The van der Waals surface area contributed by atoms with Crippen molar-refractivity contribution in [3.63, 3.8) is 0 Å². The van der Waals surface area contributed by atoms with Crippen molar-refractivity contribution in [1.29, 1.82) is 0 Å². The molecule has 1 saturated heterocycles. The number of nitrogens with one attached hydrogen (secondary N) is 1. The van der Waals surface area contributed by atoms with E-state index in [0.29, 0.717) is 6.54 Å². The van der Waals surface area contributed by atoms with Gasteiger partial charge < -0.3 is 16.0 Å². The molecule has 0 aromatic rings. The Morgan fingerprint density at radius 3 is 2.25 bits per heavy atom. The van der Waals surface area contributed by atoms with E-state index in [0.717, 1.165) is 32.1 Å². The highest BCUT2D eigenvalue weighted by Crippen LogP contribution is 2.65. The summed E-state index contributed by atoms with van der Waals surface area (Å²) in [7, 11) is 0. The van der Waals surface area contributed by atoms with E-state index in [1.54, 1.807) is 0 Å². The third kappa shape index (κ3) is 4.78. The van der Waals surface area contributed by atoms with E-state index in [2.05, 4.69) is 5.32 Å². The number of nitrogens with zero attached hydrogens (tertiary/aromatic N) is 1. The molecule has 5 atom stereocenters. The number of hydrogen-bond acceptors (Lipinski definition) is 4. The Bertz CT molecular complexity index is 792. The molecule has 0 aromatic carbocycles. The van der Waals surface area contributed by atoms with Crippen molar-refractivity contribution in [2.45, 2.75) is 77.6 Å². The van der Waals surface area contributed by atoms with Gasteiger partial charge in [-0.25, -0.2) is 0 Å². The summed E-state index contributed by atoms with van der Waals surface area (Å²) >= 11 is 0. The van der Waals surface area contributed by atoms with Gasteiger partial charge in [0.25, 0.3) is 5.91 Å². The molecule has 7 nitrogen and oxygen atoms in total. The number of alkyl halides is 3. The number of piperidine rings is 1. The zero-order chi connectivity index (χ0) is 24.0. The average molecular weight is 460 g/mol. The topological polar surface area (TPSA) is 110 Å². The molecule has 0 spiro atoms. The zero-order valence-corrected chi connectivity index (χ0v) is 18.7. The predicted molar refractivity (Wildman–Crippen MR) is 109 cm³/mol. The maximum absolute atomic E-state index is 13.3. The largest absolute Gasteiger partial charge is 0.391 e. The number of carbonyl (C=O) groups is 4. The lowest BCUT2D eigenvalue weighted by Crippen LogP contribution is -2.56. The van der Waals surface area contributed by atoms with Crippen LogP contribution in [-0.4, -0.2) is 53.2 Å². The van der Waals surface area contributed by atoms with Crippen LogP contribution < -0.4 is 11.1 Å². The number of likely N-dealkylation sites (tertiary alicyclic amines) is 1. The fourth-order valence-electron chi connectivity index (χ4n) is 5.78. The van der Waals surface area contributed by atoms with Gasteiger partial charge in [-0.05, 0) is 36.0 Å². The first-order chi connectivity index (χ1) is 14.8. The monoisotopic (exact) mass is 459 g/mol. The van der Waals surface area contributed by atoms with Crippen LogP contribution in [0.15, 0.2) is 0 Å². The second kappa shape index (κ2) is 8.67. The van der Waals surface area contributed by atoms with E-state index in [-0.39, 0.29) is 35.0 Å². The average Bonchev–Trinajstić information content (AvgIpc) is 3.04. The lowest BCUT2D eigenvalue weighted by atomic mass is 9.80. The second-order valence-corrected chi connectivity index (χ2v) is 10.2. The number of nitrogens with two attached hydrogens (primary N) is 1. The van der Waals surface area contributed by atoms with Gasteiger partial charge in [0.1, 0.15) is 12.1 Å². The Morgan fingerprint density at radius 1 is 1.12 bits per heavy atom. The van der Waals surface area contributed by atoms with E-state index < -0.39 is 42.3 Å². The van der Waals surface area contributed by atoms with E-state index in [9.17, 15) is 32.3 Å². The van der Waals surface area contributed by atoms with Crippen LogP contribution in [0.25, 0.3) is 0 Å². The minimum atomic E-state index is -4.79. The van der Waals surface area contributed by atoms with Crippen molar-refractivity contribution >= 4 is 23.5 Å². The minimum absolute atomic E-state index is 0.0636. The van der Waals surface area contributed by atoms with E-state index in [1.807, 2.05) is 20.8 Å². The van der Waals surface area contributed by atoms with Gasteiger partial charge in [0.15, 0.2) is 0 Å². The molecule has 3 amide bonds. The number of fused-ring (bicyclic) bond motifs is 1. The molecule has 180 valence electrons. The SMILES string of the molecule is C[C@H](C(=O)N1C[C@H]2[C@@H]([C@H]1C(=O)NC(CC(F)(F)F)C(=O)C(N)=O)C2(C)C)C1CCCCC1. The molecule has 10 heteroatoms. The molecule has 3 fully saturated rings. The first kappa shape index (κ1) is 24.5. The maximum atomic E-state index is 13.3. The molecule has 3 N–H and O–H groups in total. The first-order valence-corrected chi connectivity index (χ1v) is 11.3. The third-order valence-electron chi connectivity index (χ3n) is 7.82. The highest BCUT2D eigenvalue weighted by atomic mass is 19.4. The quantitative estimate of drug-likeness (QED) is 0.569. The summed E-state index contributed by atoms with van der Waals surface area (Å²) in [6.45, 7) is 6.12. The molecule has 3 aliphatic rings. The Labute approximate surface area is 185 Å². The Morgan fingerprint density at radius 2 is 1.72 bits per heavy atom. The molecule has 2 saturated carbocycles. The molecule has 1 aliphatic heterocycles. The molecule has 1 unspecified atom stereocenters. The van der Waals surface area contributed by atoms with Gasteiger partial charge in [-0.1, -0.05) is 40.0 Å². The highest BCUT2D eigenvalue weighted by Gasteiger charge is 2.69. The van der Waals surface area contributed by atoms with Crippen LogP contribution in [-0.2, 0) is 19.2 Å². The standard InChI is InChI=1S/C22H32F3N3O4/c1-11(12-7-5-4-6-8-12)20(32)28-10-13-15(21(13,2)3)16(28)19(31)27-14(9-22(23,24)25)17(29)18(26)30/h11-16H,4-10H2,1-3H3,(H2,26,30)(H,27,31)/t11-,13-,14?,15-,16-/m0/s1. The predicted octanol–water partition coefficient (Wildman–Crippen LogP) is 2.18. The number of carbonyl (C=O) groups excluding carboxylic acids is 4. The molecule has 2 aliphatic carbocycles. The molecular weight excluding hydrogens is 427 g/mol. The first-order valence-electron chi connectivity index (χ1n) is 11.3. The minimum Gasteiger partial charge on any atom is -0.363 e. The smallest absolute Gasteiger partial charge is 0.363 e. The van der Waals surface area contributed by atoms with Crippen LogP contribution >= 0.6 is 0 Å². The van der Waals surface area contributed by atoms with Gasteiger partial charge in [0.2, 0.25) is 17.6 Å². The number of hydrogen-bond donors (Lipinski definition) is 2. The molecule has 32 heavy (non-hydrogen) atoms. The zero-order valence-electron chi connectivity index (χ0n) is 18.7. The maximum Gasteiger partial charge on any atom is 0.391 e. The molecule has 0 aromatic heterocycles. The van der Waals surface area contributed by atoms with E-state index in [1.165, 1.54) is 4.90 Å². The lowest BCUT2D eigenvalue weighted by Gasteiger charge is -2.35. The fraction of sp³-hybridized carbons (Fsp3) is 0.818. The Kier molecular flexibility index (Phi) is 6.64. The number of halogens is 3. The van der Waals surface area contributed by atoms with Crippen molar-refractivity contribution in [1.82, 2.24) is 10.2 Å². The normalized spacial score (nSPS) is 29.1. The summed E-state index contributed by atoms with van der Waals surface area (Å²) in [4.78, 5) is 51.1. The van der Waals surface area contributed by atoms with Gasteiger partial charge in [-0.2, -0.15) is 13.2 Å². The van der Waals surface area contributed by atoms with Crippen LogP contribution in [0.4, 0.5) is 13.2 Å². The Hall–Kier alpha value is -2.13. The second-order valence-electron chi connectivity index (χ2n) is 10.2. The van der Waals surface area contributed by atoms with Crippen molar-refractivity contribution in [2.75, 3.05) is 6.54 Å². The number of rotatable bonds is 7. The van der Waals surface area contributed by atoms with Crippen molar-refractivity contribution in [3.05, 3.63) is 0 Å². The highest BCUT2D eigenvalue weighted by molar-refractivity contribution is 6.37. The summed E-state index contributed by atoms with van der Waals surface area (Å²) in [6.07, 6.45) is -1.35. The van der Waals surface area contributed by atoms with E-state index in [4.69, 9.17) is 5.73 Å². The number of primary amides is 1. The summed E-state index contributed by atoms with van der Waals surface area (Å²) in [6, 6.07) is -3.07. The van der Waals surface area contributed by atoms with E-state index >= 15 is 0 Å². The summed E-state index contributed by atoms with van der Waals surface area (Å²) < 4.78 is 38.9. The van der Waals surface area contributed by atoms with Crippen LogP contribution in [0, 0.1) is 29.1 Å². The van der Waals surface area contributed by atoms with Crippen molar-refractivity contribution in [2.24, 2.45) is 34.8 Å². The van der Waals surface area contributed by atoms with Gasteiger partial charge in [0.05, 0.1) is 6.42 Å². The molecule has 1 heterocycles. The van der Waals surface area contributed by atoms with Crippen LogP contribution in [0.5, 0.6) is 0 Å². The summed E-state index contributed by atoms with van der Waals surface area (Å²) in [5.41, 5.74) is 4.65. The molecule has 3 rings (SSSR count). The van der Waals surface area contributed by atoms with Gasteiger partial charge >= 0.3 is 6.18 Å². The van der Waals surface area contributed by atoms with Gasteiger partial charge in [0, 0.05) is 12.5 Å². The number of Topliss-reactive ketones (excluding diaryl/α,β-unsaturated/α-hetero) is 1. The molecular formula is C22H32F3N3O4. The fourth-order valence-corrected chi connectivity index (χ4v) is 5.78. The van der Waals surface area contributed by atoms with Crippen molar-refractivity contribution < 1.29 is 32.3 Å². The third-order valence-corrected chi connectivity index (χ3v) is 7.82. The van der Waals surface area contributed by atoms with Gasteiger partial charge in [-0.3, -0.25) is 19.2 Å². The number of ketones is 1. The van der Waals surface area contributed by atoms with Crippen LogP contribution in [0.2, 0.25) is 0 Å². The Balaban J connectivity index is 1.79. The van der Waals surface area contributed by atoms with Crippen LogP contribution in [0.1, 0.15) is 59.3 Å². The number of amides is 3. The van der Waals surface area contributed by atoms with Gasteiger partial charge in [-0.15, -0.1) is 0 Å². The lowest BCUT2D eigenvalue weighted by molar-refractivity contribution is -0.155. The summed E-state index contributed by atoms with van der Waals surface area (Å²) in [5.74, 6) is -4.27.